The number of carbonyl (C=O) groups excluding carboxylic acids is 1. The predicted octanol–water partition coefficient (Wildman–Crippen LogP) is 5.21. The van der Waals surface area contributed by atoms with Crippen LogP contribution in [0.25, 0.3) is 0 Å². The molecule has 2 aromatic heterocycles. The minimum Gasteiger partial charge on any atom is -0.494 e. The molecular weight excluding hydrogens is 446 g/mol. The molecule has 6 nitrogen and oxygen atoms in total. The summed E-state index contributed by atoms with van der Waals surface area (Å²) in [7, 11) is 2.19. The lowest BCUT2D eigenvalue weighted by molar-refractivity contribution is 0.0996. The zero-order valence-electron chi connectivity index (χ0n) is 20.0. The molecule has 5 rings (SSSR count). The van der Waals surface area contributed by atoms with Gasteiger partial charge in [0.1, 0.15) is 10.8 Å². The van der Waals surface area contributed by atoms with E-state index >= 15 is 0 Å². The van der Waals surface area contributed by atoms with Gasteiger partial charge in [0, 0.05) is 36.6 Å². The van der Waals surface area contributed by atoms with E-state index in [1.54, 1.807) is 29.7 Å². The third kappa shape index (κ3) is 4.78. The smallest absolute Gasteiger partial charge is 0.291 e. The Bertz CT molecular complexity index is 1100. The summed E-state index contributed by atoms with van der Waals surface area (Å²) in [6, 6.07) is 12.1. The summed E-state index contributed by atoms with van der Waals surface area (Å²) in [5.41, 5.74) is 3.95. The van der Waals surface area contributed by atoms with Crippen LogP contribution in [-0.4, -0.2) is 55.5 Å². The lowest BCUT2D eigenvalue weighted by Crippen LogP contribution is -2.46. The van der Waals surface area contributed by atoms with Gasteiger partial charge in [-0.25, -0.2) is 0 Å². The number of thiophene rings is 1. The van der Waals surface area contributed by atoms with Crippen LogP contribution in [0.1, 0.15) is 57.9 Å². The topological polar surface area (TPSA) is 58.0 Å². The van der Waals surface area contributed by atoms with Crippen molar-refractivity contribution >= 4 is 22.2 Å². The number of rotatable bonds is 7. The first-order chi connectivity index (χ1) is 16.6. The summed E-state index contributed by atoms with van der Waals surface area (Å²) < 4.78 is 11.1. The number of likely N-dealkylation sites (N-methyl/N-ethyl adjacent to an activating group) is 1. The predicted molar refractivity (Wildman–Crippen MR) is 136 cm³/mol. The molecule has 34 heavy (non-hydrogen) atoms. The molecule has 3 aromatic rings. The van der Waals surface area contributed by atoms with Gasteiger partial charge in [0.05, 0.1) is 18.9 Å². The van der Waals surface area contributed by atoms with Crippen LogP contribution < -0.4 is 10.1 Å². The van der Waals surface area contributed by atoms with Crippen molar-refractivity contribution in [3.05, 3.63) is 70.0 Å². The third-order valence-electron chi connectivity index (χ3n) is 6.87. The molecule has 180 valence electrons. The minimum absolute atomic E-state index is 0.0920. The second-order valence-corrected chi connectivity index (χ2v) is 10.2. The molecule has 0 unspecified atom stereocenters. The van der Waals surface area contributed by atoms with Gasteiger partial charge in [-0.1, -0.05) is 12.1 Å². The van der Waals surface area contributed by atoms with Crippen molar-refractivity contribution in [3.8, 4) is 5.75 Å². The molecule has 0 radical (unpaired) electrons. The van der Waals surface area contributed by atoms with Gasteiger partial charge in [-0.15, -0.1) is 11.3 Å². The largest absolute Gasteiger partial charge is 0.494 e. The van der Waals surface area contributed by atoms with Crippen molar-refractivity contribution in [3.63, 3.8) is 0 Å². The molecule has 3 heterocycles. The third-order valence-corrected chi connectivity index (χ3v) is 8.09. The van der Waals surface area contributed by atoms with Crippen LogP contribution in [-0.2, 0) is 12.8 Å². The van der Waals surface area contributed by atoms with E-state index < -0.39 is 0 Å². The van der Waals surface area contributed by atoms with E-state index in [2.05, 4.69) is 46.4 Å². The minimum atomic E-state index is -0.186. The fraction of sp³-hybridized carbons (Fsp3) is 0.444. The van der Waals surface area contributed by atoms with Crippen LogP contribution in [0, 0.1) is 0 Å². The number of ether oxygens (including phenoxy) is 1. The molecule has 0 saturated carbocycles. The summed E-state index contributed by atoms with van der Waals surface area (Å²) in [5.74, 6) is 1.05. The molecule has 1 amide bonds. The molecule has 1 aliphatic heterocycles. The number of piperazine rings is 1. The molecule has 0 spiro atoms. The first-order valence-electron chi connectivity index (χ1n) is 12.3. The van der Waals surface area contributed by atoms with Crippen molar-refractivity contribution in [1.29, 1.82) is 0 Å². The van der Waals surface area contributed by atoms with Gasteiger partial charge < -0.3 is 19.4 Å². The van der Waals surface area contributed by atoms with E-state index in [1.165, 1.54) is 34.4 Å². The number of hydrogen-bond donors (Lipinski definition) is 1. The molecular formula is C27H33N3O3S. The number of nitrogens with one attached hydrogen (secondary N) is 1. The number of anilines is 1. The molecule has 1 fully saturated rings. The van der Waals surface area contributed by atoms with Crippen LogP contribution in [0.5, 0.6) is 5.75 Å². The van der Waals surface area contributed by atoms with Gasteiger partial charge in [-0.2, -0.15) is 0 Å². The molecule has 2 aliphatic rings. The van der Waals surface area contributed by atoms with Crippen molar-refractivity contribution in [1.82, 2.24) is 9.80 Å². The summed E-state index contributed by atoms with van der Waals surface area (Å²) in [4.78, 5) is 19.4. The van der Waals surface area contributed by atoms with Crippen LogP contribution in [0.4, 0.5) is 5.00 Å². The number of benzene rings is 1. The van der Waals surface area contributed by atoms with Gasteiger partial charge in [0.25, 0.3) is 5.91 Å². The van der Waals surface area contributed by atoms with Crippen molar-refractivity contribution in [2.24, 2.45) is 0 Å². The number of aryl methyl sites for hydroxylation is 1. The highest BCUT2D eigenvalue weighted by atomic mass is 32.1. The Hall–Kier alpha value is -2.61. The Kier molecular flexibility index (Phi) is 7.04. The zero-order valence-corrected chi connectivity index (χ0v) is 20.8. The van der Waals surface area contributed by atoms with E-state index in [0.717, 1.165) is 49.8 Å². The van der Waals surface area contributed by atoms with Crippen molar-refractivity contribution in [2.75, 3.05) is 45.2 Å². The second-order valence-electron chi connectivity index (χ2n) is 9.13. The fourth-order valence-corrected chi connectivity index (χ4v) is 6.41. The number of furan rings is 1. The summed E-state index contributed by atoms with van der Waals surface area (Å²) in [6.07, 6.45) is 6.10. The maximum absolute atomic E-state index is 13.0. The normalized spacial score (nSPS) is 17.8. The lowest BCUT2D eigenvalue weighted by Gasteiger charge is -2.39. The highest BCUT2D eigenvalue weighted by Crippen LogP contribution is 2.46. The SMILES string of the molecule is CCOc1ccc([C@H](c2c(NC(=O)c3ccco3)sc3c2CCCC3)N2CCN(C)CC2)cc1. The van der Waals surface area contributed by atoms with Crippen LogP contribution in [0.2, 0.25) is 0 Å². The number of carbonyl (C=O) groups is 1. The van der Waals surface area contributed by atoms with Crippen molar-refractivity contribution in [2.45, 2.75) is 38.6 Å². The summed E-state index contributed by atoms with van der Waals surface area (Å²) in [6.45, 7) is 6.71. The number of fused-ring (bicyclic) bond motifs is 1. The maximum Gasteiger partial charge on any atom is 0.291 e. The van der Waals surface area contributed by atoms with Crippen LogP contribution in [0.15, 0.2) is 47.1 Å². The average Bonchev–Trinajstić information content (AvgIpc) is 3.51. The average molecular weight is 480 g/mol. The standard InChI is InChI=1S/C27H33N3O3S/c1-3-32-20-12-10-19(11-13-20)25(30-16-14-29(2)15-17-30)24-21-7-4-5-9-23(21)34-27(24)28-26(31)22-8-6-18-33-22/h6,8,10-13,18,25H,3-5,7,9,14-17H2,1-2H3,(H,28,31)/t25-/m1/s1. The Morgan fingerprint density at radius 2 is 1.88 bits per heavy atom. The quantitative estimate of drug-likeness (QED) is 0.504. The van der Waals surface area contributed by atoms with Gasteiger partial charge in [-0.05, 0) is 75.0 Å². The molecule has 1 saturated heterocycles. The zero-order chi connectivity index (χ0) is 23.5. The van der Waals surface area contributed by atoms with E-state index in [-0.39, 0.29) is 11.9 Å². The fourth-order valence-electron chi connectivity index (χ4n) is 5.10. The summed E-state index contributed by atoms with van der Waals surface area (Å²) >= 11 is 1.75. The van der Waals surface area contributed by atoms with Gasteiger partial charge >= 0.3 is 0 Å². The highest BCUT2D eigenvalue weighted by Gasteiger charge is 2.33. The van der Waals surface area contributed by atoms with Gasteiger partial charge in [0.15, 0.2) is 5.76 Å². The monoisotopic (exact) mass is 479 g/mol. The Labute approximate surface area is 205 Å². The number of nitrogens with zero attached hydrogens (tertiary/aromatic N) is 2. The Balaban J connectivity index is 1.58. The van der Waals surface area contributed by atoms with Crippen LogP contribution >= 0.6 is 11.3 Å². The molecule has 1 atom stereocenters. The number of amides is 1. The second kappa shape index (κ2) is 10.3. The molecule has 1 aromatic carbocycles. The molecule has 1 N–H and O–H groups in total. The molecule has 1 aliphatic carbocycles. The van der Waals surface area contributed by atoms with E-state index in [1.807, 2.05) is 6.92 Å². The lowest BCUT2D eigenvalue weighted by atomic mass is 9.88. The van der Waals surface area contributed by atoms with Crippen molar-refractivity contribution < 1.29 is 13.9 Å². The first-order valence-corrected chi connectivity index (χ1v) is 13.1. The molecule has 7 heteroatoms. The first kappa shape index (κ1) is 23.1. The van der Waals surface area contributed by atoms with Gasteiger partial charge in [-0.3, -0.25) is 9.69 Å². The maximum atomic E-state index is 13.0. The Morgan fingerprint density at radius 3 is 2.59 bits per heavy atom. The van der Waals surface area contributed by atoms with E-state index in [4.69, 9.17) is 9.15 Å². The van der Waals surface area contributed by atoms with Gasteiger partial charge in [0.2, 0.25) is 0 Å². The van der Waals surface area contributed by atoms with E-state index in [9.17, 15) is 4.79 Å². The summed E-state index contributed by atoms with van der Waals surface area (Å²) in [5, 5.41) is 4.19. The highest BCUT2D eigenvalue weighted by molar-refractivity contribution is 7.16. The molecule has 0 bridgehead atoms. The Morgan fingerprint density at radius 1 is 1.12 bits per heavy atom. The van der Waals surface area contributed by atoms with E-state index in [0.29, 0.717) is 12.4 Å². The number of hydrogen-bond acceptors (Lipinski definition) is 6. The van der Waals surface area contributed by atoms with Crippen LogP contribution in [0.3, 0.4) is 0 Å².